The molecule has 1 saturated heterocycles. The van der Waals surface area contributed by atoms with Gasteiger partial charge in [-0.25, -0.2) is 4.79 Å². The van der Waals surface area contributed by atoms with E-state index < -0.39 is 0 Å². The average Bonchev–Trinajstić information content (AvgIpc) is 2.85. The second-order valence-electron chi connectivity index (χ2n) is 6.67. The number of guanidine groups is 1. The first-order chi connectivity index (χ1) is 11.9. The highest BCUT2D eigenvalue weighted by atomic mass is 127. The molecule has 0 aliphatic carbocycles. The van der Waals surface area contributed by atoms with Crippen molar-refractivity contribution in [2.24, 2.45) is 4.99 Å². The number of hydrogen-bond donors (Lipinski definition) is 3. The standard InChI is InChI=1S/C17H34N6O2.HI/c1-6-18-16(19-8-7-10-22(13(2)3)14(4)5)20-9-11-23-15(24)12-21-17(23)25;/h13-14H,6-12H2,1-5H3,(H,21,25)(H2,18,19,20);1H. The Bertz CT molecular complexity index is 446. The van der Waals surface area contributed by atoms with Gasteiger partial charge in [-0.05, 0) is 41.0 Å². The number of amides is 3. The molecule has 152 valence electrons. The van der Waals surface area contributed by atoms with E-state index in [1.807, 2.05) is 6.92 Å². The Morgan fingerprint density at radius 1 is 1.23 bits per heavy atom. The molecular formula is C17H35IN6O2. The number of carbonyl (C=O) groups is 2. The van der Waals surface area contributed by atoms with E-state index in [4.69, 9.17) is 0 Å². The van der Waals surface area contributed by atoms with Crippen LogP contribution in [-0.4, -0.2) is 79.0 Å². The molecule has 1 rings (SSSR count). The molecule has 1 aliphatic rings. The molecule has 26 heavy (non-hydrogen) atoms. The van der Waals surface area contributed by atoms with E-state index >= 15 is 0 Å². The Kier molecular flexibility index (Phi) is 12.6. The van der Waals surface area contributed by atoms with E-state index in [2.05, 4.69) is 53.5 Å². The second kappa shape index (κ2) is 13.1. The number of rotatable bonds is 10. The summed E-state index contributed by atoms with van der Waals surface area (Å²) in [5.41, 5.74) is 0. The normalized spacial score (nSPS) is 14.9. The first kappa shape index (κ1) is 24.9. The minimum Gasteiger partial charge on any atom is -0.357 e. The lowest BCUT2D eigenvalue weighted by Gasteiger charge is -2.30. The maximum absolute atomic E-state index is 11.5. The molecule has 0 spiro atoms. The molecule has 0 aromatic carbocycles. The van der Waals surface area contributed by atoms with Crippen molar-refractivity contribution in [2.45, 2.75) is 53.1 Å². The van der Waals surface area contributed by atoms with E-state index in [9.17, 15) is 9.59 Å². The van der Waals surface area contributed by atoms with Gasteiger partial charge in [-0.1, -0.05) is 0 Å². The summed E-state index contributed by atoms with van der Waals surface area (Å²) < 4.78 is 0. The summed E-state index contributed by atoms with van der Waals surface area (Å²) in [7, 11) is 0. The predicted molar refractivity (Wildman–Crippen MR) is 116 cm³/mol. The summed E-state index contributed by atoms with van der Waals surface area (Å²) in [4.78, 5) is 31.3. The molecule has 1 fully saturated rings. The number of urea groups is 1. The van der Waals surface area contributed by atoms with Crippen molar-refractivity contribution in [3.05, 3.63) is 0 Å². The first-order valence-electron chi connectivity index (χ1n) is 9.22. The van der Waals surface area contributed by atoms with E-state index in [1.54, 1.807) is 0 Å². The van der Waals surface area contributed by atoms with Crippen molar-refractivity contribution < 1.29 is 9.59 Å². The van der Waals surface area contributed by atoms with Crippen molar-refractivity contribution in [1.82, 2.24) is 25.8 Å². The summed E-state index contributed by atoms with van der Waals surface area (Å²) >= 11 is 0. The summed E-state index contributed by atoms with van der Waals surface area (Å²) in [6.45, 7) is 14.3. The second-order valence-corrected chi connectivity index (χ2v) is 6.67. The van der Waals surface area contributed by atoms with Crippen LogP contribution in [0.25, 0.3) is 0 Å². The van der Waals surface area contributed by atoms with Gasteiger partial charge in [0, 0.05) is 44.8 Å². The molecule has 1 aliphatic heterocycles. The highest BCUT2D eigenvalue weighted by Gasteiger charge is 2.27. The number of halogens is 1. The van der Waals surface area contributed by atoms with E-state index in [1.165, 1.54) is 4.90 Å². The average molecular weight is 482 g/mol. The van der Waals surface area contributed by atoms with Crippen LogP contribution in [-0.2, 0) is 4.79 Å². The molecular weight excluding hydrogens is 447 g/mol. The molecule has 8 nitrogen and oxygen atoms in total. The number of imide groups is 1. The van der Waals surface area contributed by atoms with E-state index in [0.717, 1.165) is 32.0 Å². The van der Waals surface area contributed by atoms with Crippen molar-refractivity contribution in [1.29, 1.82) is 0 Å². The fourth-order valence-electron chi connectivity index (χ4n) is 2.87. The zero-order valence-corrected chi connectivity index (χ0v) is 19.0. The van der Waals surface area contributed by atoms with Gasteiger partial charge >= 0.3 is 6.03 Å². The van der Waals surface area contributed by atoms with Crippen LogP contribution in [0.5, 0.6) is 0 Å². The molecule has 0 aromatic heterocycles. The van der Waals surface area contributed by atoms with E-state index in [0.29, 0.717) is 25.2 Å². The van der Waals surface area contributed by atoms with Gasteiger partial charge in [-0.3, -0.25) is 19.6 Å². The third-order valence-corrected chi connectivity index (χ3v) is 4.08. The number of nitrogens with zero attached hydrogens (tertiary/aromatic N) is 3. The summed E-state index contributed by atoms with van der Waals surface area (Å²) in [6, 6.07) is 0.732. The molecule has 0 saturated carbocycles. The number of hydrogen-bond acceptors (Lipinski definition) is 4. The molecule has 3 N–H and O–H groups in total. The SMILES string of the molecule is CCNC(=NCCCN(C(C)C)C(C)C)NCCN1C(=O)CNC1=O.I. The summed E-state index contributed by atoms with van der Waals surface area (Å²) in [5.74, 6) is 0.534. The molecule has 0 radical (unpaired) electrons. The van der Waals surface area contributed by atoms with Crippen LogP contribution in [0.4, 0.5) is 4.79 Å². The fourth-order valence-corrected chi connectivity index (χ4v) is 2.87. The van der Waals surface area contributed by atoms with Crippen LogP contribution in [0.15, 0.2) is 4.99 Å². The Balaban J connectivity index is 0.00000625. The predicted octanol–water partition coefficient (Wildman–Crippen LogP) is 1.22. The van der Waals surface area contributed by atoms with Crippen molar-refractivity contribution >= 4 is 41.9 Å². The van der Waals surface area contributed by atoms with Gasteiger partial charge in [0.25, 0.3) is 0 Å². The van der Waals surface area contributed by atoms with Crippen molar-refractivity contribution in [3.63, 3.8) is 0 Å². The Morgan fingerprint density at radius 2 is 1.88 bits per heavy atom. The van der Waals surface area contributed by atoms with Crippen LogP contribution < -0.4 is 16.0 Å². The van der Waals surface area contributed by atoms with Crippen LogP contribution >= 0.6 is 24.0 Å². The molecule has 1 heterocycles. The Morgan fingerprint density at radius 3 is 2.38 bits per heavy atom. The largest absolute Gasteiger partial charge is 0.357 e. The fraction of sp³-hybridized carbons (Fsp3) is 0.824. The number of aliphatic imine (C=N–C) groups is 1. The van der Waals surface area contributed by atoms with Gasteiger partial charge in [0.1, 0.15) is 0 Å². The summed E-state index contributed by atoms with van der Waals surface area (Å²) in [5, 5.41) is 8.87. The Labute approximate surface area is 174 Å². The van der Waals surface area contributed by atoms with Gasteiger partial charge in [0.05, 0.1) is 6.54 Å². The lowest BCUT2D eigenvalue weighted by Crippen LogP contribution is -2.43. The molecule has 9 heteroatoms. The van der Waals surface area contributed by atoms with Crippen LogP contribution in [0.1, 0.15) is 41.0 Å². The number of carbonyl (C=O) groups excluding carboxylic acids is 2. The quantitative estimate of drug-likeness (QED) is 0.143. The number of nitrogens with one attached hydrogen (secondary N) is 3. The zero-order chi connectivity index (χ0) is 18.8. The van der Waals surface area contributed by atoms with Gasteiger partial charge < -0.3 is 16.0 Å². The monoisotopic (exact) mass is 482 g/mol. The van der Waals surface area contributed by atoms with Gasteiger partial charge in [0.15, 0.2) is 5.96 Å². The summed E-state index contributed by atoms with van der Waals surface area (Å²) in [6.07, 6.45) is 0.986. The topological polar surface area (TPSA) is 89.1 Å². The first-order valence-corrected chi connectivity index (χ1v) is 9.22. The molecule has 0 atom stereocenters. The van der Waals surface area contributed by atoms with Crippen LogP contribution in [0.3, 0.4) is 0 Å². The maximum Gasteiger partial charge on any atom is 0.324 e. The Hall–Kier alpha value is -1.10. The lowest BCUT2D eigenvalue weighted by molar-refractivity contribution is -0.124. The minimum atomic E-state index is -0.323. The van der Waals surface area contributed by atoms with Crippen LogP contribution in [0, 0.1) is 0 Å². The van der Waals surface area contributed by atoms with Crippen molar-refractivity contribution in [2.75, 3.05) is 39.3 Å². The minimum absolute atomic E-state index is 0. The molecule has 3 amide bonds. The van der Waals surface area contributed by atoms with Crippen molar-refractivity contribution in [3.8, 4) is 0 Å². The smallest absolute Gasteiger partial charge is 0.324 e. The van der Waals surface area contributed by atoms with Gasteiger partial charge in [-0.2, -0.15) is 0 Å². The zero-order valence-electron chi connectivity index (χ0n) is 16.7. The van der Waals surface area contributed by atoms with Gasteiger partial charge in [-0.15, -0.1) is 24.0 Å². The van der Waals surface area contributed by atoms with Gasteiger partial charge in [0.2, 0.25) is 5.91 Å². The molecule has 0 unspecified atom stereocenters. The highest BCUT2D eigenvalue weighted by molar-refractivity contribution is 14.0. The molecule has 0 bridgehead atoms. The molecule has 0 aromatic rings. The third kappa shape index (κ3) is 8.52. The van der Waals surface area contributed by atoms with Crippen LogP contribution in [0.2, 0.25) is 0 Å². The lowest BCUT2D eigenvalue weighted by atomic mass is 10.2. The third-order valence-electron chi connectivity index (χ3n) is 4.08. The highest BCUT2D eigenvalue weighted by Crippen LogP contribution is 2.05. The van der Waals surface area contributed by atoms with E-state index in [-0.39, 0.29) is 42.5 Å². The maximum atomic E-state index is 11.5.